The van der Waals surface area contributed by atoms with Gasteiger partial charge in [-0.25, -0.2) is 0 Å². The van der Waals surface area contributed by atoms with Crippen LogP contribution in [0.4, 0.5) is 0 Å². The predicted octanol–water partition coefficient (Wildman–Crippen LogP) is 16.1. The van der Waals surface area contributed by atoms with Crippen LogP contribution >= 0.6 is 11.3 Å². The third kappa shape index (κ3) is 4.06. The van der Waals surface area contributed by atoms with Gasteiger partial charge in [0.1, 0.15) is 0 Å². The van der Waals surface area contributed by atoms with E-state index in [1.807, 2.05) is 11.3 Å². The Hall–Kier alpha value is -6.80. The van der Waals surface area contributed by atoms with Gasteiger partial charge in [0, 0.05) is 25.6 Å². The summed E-state index contributed by atoms with van der Waals surface area (Å²) < 4.78 is 2.73. The number of rotatable bonds is 2. The minimum Gasteiger partial charge on any atom is -0.134 e. The van der Waals surface area contributed by atoms with Crippen molar-refractivity contribution in [2.24, 2.45) is 0 Å². The molecule has 0 N–H and O–H groups in total. The van der Waals surface area contributed by atoms with Crippen LogP contribution in [0.25, 0.3) is 129 Å². The van der Waals surface area contributed by atoms with E-state index < -0.39 is 0 Å². The first-order valence-electron chi connectivity index (χ1n) is 19.1. The van der Waals surface area contributed by atoms with E-state index in [0.29, 0.717) is 0 Å². The van der Waals surface area contributed by atoms with Crippen LogP contribution in [0.1, 0.15) is 0 Å². The summed E-state index contributed by atoms with van der Waals surface area (Å²) in [6.45, 7) is 0. The van der Waals surface area contributed by atoms with Gasteiger partial charge in [0.05, 0.1) is 0 Å². The Morgan fingerprint density at radius 1 is 0.255 bits per heavy atom. The summed E-state index contributed by atoms with van der Waals surface area (Å²) in [4.78, 5) is 0. The number of hydrogen-bond donors (Lipinski definition) is 0. The molecule has 1 heterocycles. The molecule has 0 aliphatic rings. The summed E-state index contributed by atoms with van der Waals surface area (Å²) in [5, 5.41) is 23.8. The number of benzene rings is 12. The van der Waals surface area contributed by atoms with E-state index >= 15 is 0 Å². The maximum Gasteiger partial charge on any atom is 0.0440 e. The largest absolute Gasteiger partial charge is 0.134 e. The van der Waals surface area contributed by atoms with Gasteiger partial charge in [-0.15, -0.1) is 11.3 Å². The molecule has 0 amide bonds. The summed E-state index contributed by atoms with van der Waals surface area (Å²) >= 11 is 1.95. The van der Waals surface area contributed by atoms with Crippen LogP contribution in [0, 0.1) is 0 Å². The van der Waals surface area contributed by atoms with Gasteiger partial charge in [0.2, 0.25) is 0 Å². The molecule has 0 spiro atoms. The molecule has 0 saturated heterocycles. The van der Waals surface area contributed by atoms with E-state index in [-0.39, 0.29) is 0 Å². The fraction of sp³-hybridized carbons (Fsp3) is 0. The molecule has 0 radical (unpaired) electrons. The second-order valence-corrected chi connectivity index (χ2v) is 16.2. The third-order valence-electron chi connectivity index (χ3n) is 12.3. The molecule has 0 saturated carbocycles. The second kappa shape index (κ2) is 10.9. The van der Waals surface area contributed by atoms with Crippen LogP contribution in [0.2, 0.25) is 0 Å². The molecule has 0 unspecified atom stereocenters. The van der Waals surface area contributed by atoms with E-state index in [1.165, 1.54) is 129 Å². The normalized spacial score (nSPS) is 12.4. The molecular weight excluding hydrogens is 681 g/mol. The van der Waals surface area contributed by atoms with Crippen LogP contribution in [-0.2, 0) is 0 Å². The van der Waals surface area contributed by atoms with Crippen molar-refractivity contribution in [3.8, 4) is 22.3 Å². The van der Waals surface area contributed by atoms with Crippen LogP contribution in [0.3, 0.4) is 0 Å². The first-order valence-corrected chi connectivity index (χ1v) is 19.9. The molecule has 55 heavy (non-hydrogen) atoms. The number of fused-ring (bicyclic) bond motifs is 14. The fourth-order valence-corrected chi connectivity index (χ4v) is 11.1. The van der Waals surface area contributed by atoms with E-state index in [4.69, 9.17) is 0 Å². The highest BCUT2D eigenvalue weighted by atomic mass is 32.1. The molecule has 0 bridgehead atoms. The monoisotopic (exact) mass is 710 g/mol. The Kier molecular flexibility index (Phi) is 5.86. The molecule has 252 valence electrons. The smallest absolute Gasteiger partial charge is 0.0440 e. The van der Waals surface area contributed by atoms with Gasteiger partial charge in [-0.1, -0.05) is 152 Å². The lowest BCUT2D eigenvalue weighted by molar-refractivity contribution is 1.64. The van der Waals surface area contributed by atoms with E-state index in [0.717, 1.165) is 0 Å². The van der Waals surface area contributed by atoms with E-state index in [9.17, 15) is 0 Å². The molecule has 1 heteroatoms. The van der Waals surface area contributed by atoms with E-state index in [1.54, 1.807) is 0 Å². The number of thiophene rings is 1. The van der Waals surface area contributed by atoms with Gasteiger partial charge in [-0.05, 0) is 133 Å². The van der Waals surface area contributed by atoms with Crippen molar-refractivity contribution >= 4 is 118 Å². The standard InChI is InChI=1S/C54H30S/c1-2-10-31(11-3-1)34-22-24-40-44(27-35-12-4-5-15-37(35)45(40)26-34)36-23-25-41-46(28-36)38-16-6-7-17-39(38)47-29-49-50(30-48(41)47)55-54-43-19-9-14-33-21-20-32-13-8-18-42(53(49)54)51(32)52(33)43/h1-30H. The molecule has 0 fully saturated rings. The van der Waals surface area contributed by atoms with Crippen molar-refractivity contribution in [1.29, 1.82) is 0 Å². The Balaban J connectivity index is 1.10. The predicted molar refractivity (Wildman–Crippen MR) is 241 cm³/mol. The highest BCUT2D eigenvalue weighted by molar-refractivity contribution is 7.27. The summed E-state index contributed by atoms with van der Waals surface area (Å²) in [5.74, 6) is 0. The van der Waals surface area contributed by atoms with Crippen LogP contribution < -0.4 is 0 Å². The van der Waals surface area contributed by atoms with Gasteiger partial charge < -0.3 is 0 Å². The van der Waals surface area contributed by atoms with Crippen molar-refractivity contribution in [2.75, 3.05) is 0 Å². The average molecular weight is 711 g/mol. The quantitative estimate of drug-likeness (QED) is 0.157. The van der Waals surface area contributed by atoms with Crippen molar-refractivity contribution < 1.29 is 0 Å². The Morgan fingerprint density at radius 2 is 0.818 bits per heavy atom. The summed E-state index contributed by atoms with van der Waals surface area (Å²) in [6.07, 6.45) is 0. The van der Waals surface area contributed by atoms with Gasteiger partial charge in [-0.3, -0.25) is 0 Å². The molecule has 0 aliphatic carbocycles. The average Bonchev–Trinajstić information content (AvgIpc) is 3.64. The lowest BCUT2D eigenvalue weighted by atomic mass is 9.88. The molecule has 0 atom stereocenters. The number of hydrogen-bond acceptors (Lipinski definition) is 1. The fourth-order valence-electron chi connectivity index (χ4n) is 9.87. The van der Waals surface area contributed by atoms with Gasteiger partial charge in [0.15, 0.2) is 0 Å². The first-order chi connectivity index (χ1) is 27.3. The van der Waals surface area contributed by atoms with Crippen LogP contribution in [-0.4, -0.2) is 0 Å². The molecule has 13 rings (SSSR count). The minimum absolute atomic E-state index is 1.24. The highest BCUT2D eigenvalue weighted by Crippen LogP contribution is 2.49. The topological polar surface area (TPSA) is 0 Å². The highest BCUT2D eigenvalue weighted by Gasteiger charge is 2.20. The Morgan fingerprint density at radius 3 is 1.64 bits per heavy atom. The van der Waals surface area contributed by atoms with Gasteiger partial charge >= 0.3 is 0 Å². The lowest BCUT2D eigenvalue weighted by Crippen LogP contribution is -1.88. The minimum atomic E-state index is 1.24. The zero-order chi connectivity index (χ0) is 35.8. The Labute approximate surface area is 320 Å². The SMILES string of the molecule is c1ccc(-c2ccc3c(-c4ccc5c(c4)c4ccccc4c4cc6c(cc54)sc4c5cccc7ccc8cccc(c64)c8c75)cc4ccccc4c3c2)cc1. The molecular formula is C54H30S. The van der Waals surface area contributed by atoms with Crippen LogP contribution in [0.5, 0.6) is 0 Å². The van der Waals surface area contributed by atoms with Crippen molar-refractivity contribution in [3.05, 3.63) is 182 Å². The summed E-state index contributed by atoms with van der Waals surface area (Å²) in [7, 11) is 0. The van der Waals surface area contributed by atoms with Crippen molar-refractivity contribution in [1.82, 2.24) is 0 Å². The molecule has 0 aliphatic heterocycles. The molecule has 12 aromatic carbocycles. The Bertz CT molecular complexity index is 3760. The second-order valence-electron chi connectivity index (χ2n) is 15.2. The summed E-state index contributed by atoms with van der Waals surface area (Å²) in [5.41, 5.74) is 4.99. The van der Waals surface area contributed by atoms with Crippen LogP contribution in [0.15, 0.2) is 182 Å². The third-order valence-corrected chi connectivity index (χ3v) is 13.5. The molecule has 1 aromatic heterocycles. The van der Waals surface area contributed by atoms with Gasteiger partial charge in [-0.2, -0.15) is 0 Å². The van der Waals surface area contributed by atoms with Gasteiger partial charge in [0.25, 0.3) is 0 Å². The summed E-state index contributed by atoms with van der Waals surface area (Å²) in [6, 6.07) is 68.4. The maximum absolute atomic E-state index is 2.50. The molecule has 0 nitrogen and oxygen atoms in total. The lowest BCUT2D eigenvalue weighted by Gasteiger charge is -2.15. The zero-order valence-corrected chi connectivity index (χ0v) is 30.5. The molecule has 13 aromatic rings. The maximum atomic E-state index is 2.50. The zero-order valence-electron chi connectivity index (χ0n) is 29.7. The van der Waals surface area contributed by atoms with Crippen molar-refractivity contribution in [3.63, 3.8) is 0 Å². The van der Waals surface area contributed by atoms with E-state index in [2.05, 4.69) is 182 Å². The first kappa shape index (κ1) is 29.6. The van der Waals surface area contributed by atoms with Crippen molar-refractivity contribution in [2.45, 2.75) is 0 Å².